The minimum absolute atomic E-state index is 0.242. The number of anilines is 1. The summed E-state index contributed by atoms with van der Waals surface area (Å²) >= 11 is 6.13. The second-order valence-corrected chi connectivity index (χ2v) is 6.63. The quantitative estimate of drug-likeness (QED) is 0.603. The topological polar surface area (TPSA) is 39.5 Å². The molecule has 1 aliphatic heterocycles. The molecule has 1 aliphatic rings. The smallest absolute Gasteiger partial charge is 0.406 e. The molecule has 0 saturated carbocycles. The number of rotatable bonds is 2. The summed E-state index contributed by atoms with van der Waals surface area (Å²) in [7, 11) is 0. The molecule has 1 atom stereocenters. The van der Waals surface area contributed by atoms with Crippen LogP contribution in [0.5, 0.6) is 5.75 Å². The van der Waals surface area contributed by atoms with Gasteiger partial charge in [0.05, 0.1) is 17.7 Å². The molecule has 1 unspecified atom stereocenters. The fraction of sp³-hybridized carbons (Fsp3) is 0.278. The van der Waals surface area contributed by atoms with E-state index in [1.54, 1.807) is 18.2 Å². The van der Waals surface area contributed by atoms with E-state index in [0.29, 0.717) is 17.4 Å². The van der Waals surface area contributed by atoms with Crippen LogP contribution in [0, 0.1) is 0 Å². The summed E-state index contributed by atoms with van der Waals surface area (Å²) < 4.78 is 48.8. The van der Waals surface area contributed by atoms with Crippen LogP contribution in [0.1, 0.15) is 18.9 Å². The van der Waals surface area contributed by atoms with E-state index in [4.69, 9.17) is 16.3 Å². The molecule has 0 radical (unpaired) electrons. The number of aromatic nitrogens is 2. The molecule has 27 heavy (non-hydrogen) atoms. The lowest BCUT2D eigenvalue weighted by Gasteiger charge is -2.23. The molecule has 9 heteroatoms. The maximum atomic E-state index is 12.3. The Morgan fingerprint density at radius 1 is 1.19 bits per heavy atom. The summed E-state index contributed by atoms with van der Waals surface area (Å²) in [5.74, 6) is 0.503. The zero-order valence-corrected chi connectivity index (χ0v) is 15.0. The molecule has 0 aliphatic carbocycles. The highest BCUT2D eigenvalue weighted by Crippen LogP contribution is 2.31. The number of halogens is 4. The van der Waals surface area contributed by atoms with Gasteiger partial charge in [-0.15, -0.1) is 13.2 Å². The van der Waals surface area contributed by atoms with Crippen molar-refractivity contribution >= 4 is 28.3 Å². The summed E-state index contributed by atoms with van der Waals surface area (Å²) in [6.07, 6.45) is -4.96. The maximum absolute atomic E-state index is 12.3. The Morgan fingerprint density at radius 3 is 2.63 bits per heavy atom. The van der Waals surface area contributed by atoms with E-state index >= 15 is 0 Å². The summed E-state index contributed by atoms with van der Waals surface area (Å²) in [5, 5.41) is 0.600. The van der Waals surface area contributed by atoms with E-state index in [0.717, 1.165) is 16.9 Å². The van der Waals surface area contributed by atoms with E-state index in [1.165, 1.54) is 12.1 Å². The number of hydrogen-bond donors (Lipinski definition) is 0. The van der Waals surface area contributed by atoms with Crippen LogP contribution in [0.3, 0.4) is 0 Å². The SMILES string of the molecule is CC1OCN(c2ccc(OC(F)(F)F)cc2)Cn2c1nc1ccc(Cl)cc12. The molecule has 0 spiro atoms. The molecule has 0 amide bonds. The number of imidazole rings is 1. The van der Waals surface area contributed by atoms with Crippen LogP contribution in [0.15, 0.2) is 42.5 Å². The van der Waals surface area contributed by atoms with E-state index in [9.17, 15) is 13.2 Å². The lowest BCUT2D eigenvalue weighted by Crippen LogP contribution is -2.26. The summed E-state index contributed by atoms with van der Waals surface area (Å²) in [6, 6.07) is 11.1. The highest BCUT2D eigenvalue weighted by atomic mass is 35.5. The van der Waals surface area contributed by atoms with Gasteiger partial charge < -0.3 is 18.9 Å². The molecule has 0 N–H and O–H groups in total. The van der Waals surface area contributed by atoms with Gasteiger partial charge in [-0.2, -0.15) is 0 Å². The van der Waals surface area contributed by atoms with Crippen LogP contribution in [0.2, 0.25) is 5.02 Å². The van der Waals surface area contributed by atoms with Gasteiger partial charge in [0.1, 0.15) is 24.4 Å². The molecule has 0 bridgehead atoms. The minimum atomic E-state index is -4.72. The molecule has 2 heterocycles. The number of hydrogen-bond acceptors (Lipinski definition) is 4. The largest absolute Gasteiger partial charge is 0.573 e. The van der Waals surface area contributed by atoms with Gasteiger partial charge in [0.2, 0.25) is 0 Å². The van der Waals surface area contributed by atoms with Gasteiger partial charge in [0.15, 0.2) is 0 Å². The van der Waals surface area contributed by atoms with Gasteiger partial charge in [-0.05, 0) is 49.4 Å². The zero-order chi connectivity index (χ0) is 19.2. The second-order valence-electron chi connectivity index (χ2n) is 6.19. The van der Waals surface area contributed by atoms with Gasteiger partial charge in [-0.3, -0.25) is 0 Å². The first kappa shape index (κ1) is 17.9. The van der Waals surface area contributed by atoms with Gasteiger partial charge in [0.25, 0.3) is 0 Å². The number of fused-ring (bicyclic) bond motifs is 3. The van der Waals surface area contributed by atoms with E-state index in [1.807, 2.05) is 28.5 Å². The minimum Gasteiger partial charge on any atom is -0.406 e. The molecular formula is C18H15ClF3N3O2. The Balaban J connectivity index is 1.66. The Kier molecular flexibility index (Phi) is 4.39. The molecule has 0 fully saturated rings. The third-order valence-electron chi connectivity index (χ3n) is 4.33. The zero-order valence-electron chi connectivity index (χ0n) is 14.2. The van der Waals surface area contributed by atoms with Gasteiger partial charge >= 0.3 is 6.36 Å². The van der Waals surface area contributed by atoms with Crippen LogP contribution >= 0.6 is 11.6 Å². The molecule has 4 rings (SSSR count). The van der Waals surface area contributed by atoms with Crippen LogP contribution in [0.4, 0.5) is 18.9 Å². The van der Waals surface area contributed by atoms with Crippen LogP contribution in [0.25, 0.3) is 11.0 Å². The molecule has 1 aromatic heterocycles. The molecule has 2 aromatic carbocycles. The predicted octanol–water partition coefficient (Wildman–Crippen LogP) is 5.10. The van der Waals surface area contributed by atoms with E-state index in [2.05, 4.69) is 9.72 Å². The average Bonchev–Trinajstić information content (AvgIpc) is 2.87. The Hall–Kier alpha value is -2.45. The molecule has 3 aromatic rings. The second kappa shape index (κ2) is 6.61. The Labute approximate surface area is 157 Å². The van der Waals surface area contributed by atoms with Gasteiger partial charge in [-0.25, -0.2) is 4.98 Å². The lowest BCUT2D eigenvalue weighted by atomic mass is 10.3. The number of benzene rings is 2. The highest BCUT2D eigenvalue weighted by molar-refractivity contribution is 6.31. The van der Waals surface area contributed by atoms with Crippen molar-refractivity contribution in [2.75, 3.05) is 11.6 Å². The Morgan fingerprint density at radius 2 is 1.93 bits per heavy atom. The van der Waals surface area contributed by atoms with Crippen molar-refractivity contribution in [2.45, 2.75) is 26.1 Å². The first-order chi connectivity index (χ1) is 12.8. The van der Waals surface area contributed by atoms with Gasteiger partial charge in [0, 0.05) is 10.7 Å². The van der Waals surface area contributed by atoms with Crippen molar-refractivity contribution in [3.63, 3.8) is 0 Å². The van der Waals surface area contributed by atoms with E-state index in [-0.39, 0.29) is 18.6 Å². The summed E-state index contributed by atoms with van der Waals surface area (Å²) in [5.41, 5.74) is 2.38. The van der Waals surface area contributed by atoms with Crippen molar-refractivity contribution in [1.82, 2.24) is 9.55 Å². The predicted molar refractivity (Wildman–Crippen MR) is 94.7 cm³/mol. The third-order valence-corrected chi connectivity index (χ3v) is 4.57. The van der Waals surface area contributed by atoms with Crippen LogP contribution in [-0.2, 0) is 11.4 Å². The maximum Gasteiger partial charge on any atom is 0.573 e. The number of alkyl halides is 3. The number of ether oxygens (including phenoxy) is 2. The molecular weight excluding hydrogens is 383 g/mol. The van der Waals surface area contributed by atoms with E-state index < -0.39 is 6.36 Å². The average molecular weight is 398 g/mol. The first-order valence-corrected chi connectivity index (χ1v) is 8.56. The highest BCUT2D eigenvalue weighted by Gasteiger charge is 2.31. The summed E-state index contributed by atoms with van der Waals surface area (Å²) in [4.78, 5) is 6.52. The lowest BCUT2D eigenvalue weighted by molar-refractivity contribution is -0.274. The monoisotopic (exact) mass is 397 g/mol. The molecule has 0 saturated heterocycles. The van der Waals surface area contributed by atoms with Crippen LogP contribution < -0.4 is 9.64 Å². The van der Waals surface area contributed by atoms with Crippen molar-refractivity contribution in [3.05, 3.63) is 53.3 Å². The normalized spacial score (nSPS) is 17.7. The fourth-order valence-corrected chi connectivity index (χ4v) is 3.24. The van der Waals surface area contributed by atoms with Crippen molar-refractivity contribution in [2.24, 2.45) is 0 Å². The third kappa shape index (κ3) is 3.68. The Bertz CT molecular complexity index is 972. The molecule has 142 valence electrons. The van der Waals surface area contributed by atoms with Crippen molar-refractivity contribution in [1.29, 1.82) is 0 Å². The first-order valence-electron chi connectivity index (χ1n) is 8.18. The standard InChI is InChI=1S/C18H15ClF3N3O2/c1-11-17-23-15-7-2-12(19)8-16(15)25(17)9-24(10-26-11)13-3-5-14(6-4-13)27-18(20,21)22/h2-8,11H,9-10H2,1H3. The fourth-order valence-electron chi connectivity index (χ4n) is 3.08. The number of nitrogens with zero attached hydrogens (tertiary/aromatic N) is 3. The van der Waals surface area contributed by atoms with Gasteiger partial charge in [-0.1, -0.05) is 11.6 Å². The van der Waals surface area contributed by atoms with Crippen molar-refractivity contribution in [3.8, 4) is 5.75 Å². The summed E-state index contributed by atoms with van der Waals surface area (Å²) in [6.45, 7) is 2.60. The van der Waals surface area contributed by atoms with Crippen LogP contribution in [-0.4, -0.2) is 22.6 Å². The van der Waals surface area contributed by atoms with Crippen molar-refractivity contribution < 1.29 is 22.6 Å². The molecule has 5 nitrogen and oxygen atoms in total.